The van der Waals surface area contributed by atoms with E-state index >= 15 is 0 Å². The molecule has 166 valence electrons. The third kappa shape index (κ3) is 4.76. The molecule has 0 spiro atoms. The molecule has 6 nitrogen and oxygen atoms in total. The van der Waals surface area contributed by atoms with Gasteiger partial charge >= 0.3 is 0 Å². The van der Waals surface area contributed by atoms with Crippen LogP contribution in [-0.4, -0.2) is 56.9 Å². The van der Waals surface area contributed by atoms with Crippen molar-refractivity contribution >= 4 is 10.9 Å². The van der Waals surface area contributed by atoms with Crippen LogP contribution in [-0.2, 0) is 6.54 Å². The van der Waals surface area contributed by atoms with Crippen LogP contribution in [0.3, 0.4) is 0 Å². The number of aromatic nitrogens is 3. The molecule has 3 heterocycles. The maximum absolute atomic E-state index is 13.0. The quantitative estimate of drug-likeness (QED) is 0.415. The molecule has 0 fully saturated rings. The summed E-state index contributed by atoms with van der Waals surface area (Å²) in [5.74, 6) is 0.308. The minimum Gasteiger partial charge on any atom is -0.475 e. The van der Waals surface area contributed by atoms with E-state index in [4.69, 9.17) is 4.74 Å². The first-order valence-corrected chi connectivity index (χ1v) is 10.2. The number of fused-ring (bicyclic) bond motifs is 1. The van der Waals surface area contributed by atoms with Crippen molar-refractivity contribution in [3.63, 3.8) is 0 Å². The van der Waals surface area contributed by atoms with E-state index in [9.17, 15) is 19.0 Å². The van der Waals surface area contributed by atoms with Gasteiger partial charge in [0.2, 0.25) is 5.88 Å². The van der Waals surface area contributed by atoms with Gasteiger partial charge in [0.1, 0.15) is 32.2 Å². The molecule has 0 aliphatic carbocycles. The molecule has 32 heavy (non-hydrogen) atoms. The van der Waals surface area contributed by atoms with Crippen molar-refractivity contribution in [2.24, 2.45) is 0 Å². The van der Waals surface area contributed by atoms with E-state index in [1.54, 1.807) is 24.7 Å². The first-order valence-electron chi connectivity index (χ1n) is 10.2. The molecular formula is C24H23F2N3O3. The number of aliphatic hydroxyl groups excluding tert-OH is 2. The van der Waals surface area contributed by atoms with E-state index in [0.717, 1.165) is 33.3 Å². The van der Waals surface area contributed by atoms with Gasteiger partial charge in [-0.05, 0) is 29.3 Å². The average Bonchev–Trinajstić information content (AvgIpc) is 3.21. The Labute approximate surface area is 183 Å². The first kappa shape index (κ1) is 21.9. The van der Waals surface area contributed by atoms with Crippen molar-refractivity contribution in [3.05, 3.63) is 67.1 Å². The number of aliphatic hydroxyl groups is 2. The topological polar surface area (TPSA) is 80.4 Å². The summed E-state index contributed by atoms with van der Waals surface area (Å²) in [5.41, 5.74) is 4.42. The second kappa shape index (κ2) is 9.84. The lowest BCUT2D eigenvalue weighted by Gasteiger charge is -2.14. The van der Waals surface area contributed by atoms with Crippen LogP contribution in [0.2, 0.25) is 0 Å². The van der Waals surface area contributed by atoms with E-state index in [2.05, 4.69) is 9.97 Å². The number of nitrogens with zero attached hydrogens (tertiary/aromatic N) is 3. The predicted octanol–water partition coefficient (Wildman–Crippen LogP) is 3.80. The summed E-state index contributed by atoms with van der Waals surface area (Å²) in [6.45, 7) is -1.71. The minimum absolute atomic E-state index is 0.130. The number of hydrogen-bond acceptors (Lipinski definition) is 5. The lowest BCUT2D eigenvalue weighted by Crippen LogP contribution is -2.19. The molecule has 8 heteroatoms. The molecule has 0 aliphatic rings. The summed E-state index contributed by atoms with van der Waals surface area (Å²) in [6.07, 6.45) is 2.79. The Morgan fingerprint density at radius 3 is 2.28 bits per heavy atom. The van der Waals surface area contributed by atoms with Crippen LogP contribution in [0, 0.1) is 0 Å². The van der Waals surface area contributed by atoms with E-state index in [-0.39, 0.29) is 13.2 Å². The van der Waals surface area contributed by atoms with Gasteiger partial charge in [-0.25, -0.2) is 13.8 Å². The predicted molar refractivity (Wildman–Crippen MR) is 118 cm³/mol. The van der Waals surface area contributed by atoms with Crippen molar-refractivity contribution in [1.82, 2.24) is 14.5 Å². The standard InChI is InChI=1S/C24H23F2N3O3/c25-10-20(30)14-29-22(9-18-7-8-27-13-23(18)29)17-3-1-16(2-4-17)19-5-6-24(28-12-19)32-15-21(31)11-26/h1-9,12-13,20-21,30-31H,10-11,14-15H2. The van der Waals surface area contributed by atoms with Gasteiger partial charge in [0, 0.05) is 35.1 Å². The summed E-state index contributed by atoms with van der Waals surface area (Å²) in [5, 5.41) is 20.1. The highest BCUT2D eigenvalue weighted by Crippen LogP contribution is 2.30. The van der Waals surface area contributed by atoms with E-state index in [0.29, 0.717) is 5.88 Å². The highest BCUT2D eigenvalue weighted by Gasteiger charge is 2.14. The van der Waals surface area contributed by atoms with Gasteiger partial charge in [0.25, 0.3) is 0 Å². The molecule has 0 amide bonds. The summed E-state index contributed by atoms with van der Waals surface area (Å²) in [4.78, 5) is 8.35. The molecule has 2 unspecified atom stereocenters. The van der Waals surface area contributed by atoms with Crippen LogP contribution in [0.25, 0.3) is 33.3 Å². The SMILES string of the molecule is OC(CF)COc1ccc(-c2ccc(-c3cc4ccncc4n3CC(O)CF)cc2)cn1. The molecule has 1 aromatic carbocycles. The lowest BCUT2D eigenvalue weighted by molar-refractivity contribution is 0.0821. The number of ether oxygens (including phenoxy) is 1. The molecule has 0 radical (unpaired) electrons. The maximum Gasteiger partial charge on any atom is 0.213 e. The number of halogens is 2. The van der Waals surface area contributed by atoms with Crippen LogP contribution in [0.15, 0.2) is 67.1 Å². The Hall–Kier alpha value is -3.36. The molecule has 0 saturated carbocycles. The molecule has 4 rings (SSSR count). The van der Waals surface area contributed by atoms with E-state index in [1.165, 1.54) is 0 Å². The fraction of sp³-hybridized carbons (Fsp3) is 0.250. The van der Waals surface area contributed by atoms with Crippen molar-refractivity contribution in [3.8, 4) is 28.3 Å². The van der Waals surface area contributed by atoms with Crippen molar-refractivity contribution in [1.29, 1.82) is 0 Å². The largest absolute Gasteiger partial charge is 0.475 e. The zero-order chi connectivity index (χ0) is 22.5. The number of rotatable bonds is 9. The monoisotopic (exact) mass is 439 g/mol. The summed E-state index contributed by atoms with van der Waals surface area (Å²) in [6, 6.07) is 15.2. The maximum atomic E-state index is 13.0. The lowest BCUT2D eigenvalue weighted by atomic mass is 10.0. The zero-order valence-electron chi connectivity index (χ0n) is 17.2. The Morgan fingerprint density at radius 2 is 1.59 bits per heavy atom. The Morgan fingerprint density at radius 1 is 0.875 bits per heavy atom. The molecule has 2 N–H and O–H groups in total. The van der Waals surface area contributed by atoms with Gasteiger partial charge in [0.05, 0.1) is 18.3 Å². The second-order valence-corrected chi connectivity index (χ2v) is 7.46. The average molecular weight is 439 g/mol. The van der Waals surface area contributed by atoms with Crippen molar-refractivity contribution in [2.45, 2.75) is 18.8 Å². The third-order valence-electron chi connectivity index (χ3n) is 5.13. The van der Waals surface area contributed by atoms with Gasteiger partial charge in [-0.3, -0.25) is 4.98 Å². The molecule has 0 saturated heterocycles. The van der Waals surface area contributed by atoms with Gasteiger partial charge in [-0.1, -0.05) is 24.3 Å². The molecule has 3 aromatic heterocycles. The molecule has 2 atom stereocenters. The minimum atomic E-state index is -1.17. The Kier molecular flexibility index (Phi) is 6.72. The van der Waals surface area contributed by atoms with E-state index < -0.39 is 25.6 Å². The molecule has 4 aromatic rings. The normalized spacial score (nSPS) is 13.2. The van der Waals surface area contributed by atoms with Crippen molar-refractivity contribution in [2.75, 3.05) is 20.0 Å². The fourth-order valence-corrected chi connectivity index (χ4v) is 3.49. The smallest absolute Gasteiger partial charge is 0.213 e. The second-order valence-electron chi connectivity index (χ2n) is 7.46. The Balaban J connectivity index is 1.58. The van der Waals surface area contributed by atoms with E-state index in [1.807, 2.05) is 47.0 Å². The summed E-state index contributed by atoms with van der Waals surface area (Å²) >= 11 is 0. The van der Waals surface area contributed by atoms with Gasteiger partial charge < -0.3 is 19.5 Å². The van der Waals surface area contributed by atoms with Crippen LogP contribution >= 0.6 is 0 Å². The molecule has 0 bridgehead atoms. The van der Waals surface area contributed by atoms with Gasteiger partial charge in [0.15, 0.2) is 0 Å². The number of alkyl halides is 2. The number of pyridine rings is 2. The molecule has 0 aliphatic heterocycles. The summed E-state index contributed by atoms with van der Waals surface area (Å²) < 4.78 is 32.4. The highest BCUT2D eigenvalue weighted by atomic mass is 19.1. The zero-order valence-corrected chi connectivity index (χ0v) is 17.2. The van der Waals surface area contributed by atoms with Crippen molar-refractivity contribution < 1.29 is 23.7 Å². The highest BCUT2D eigenvalue weighted by molar-refractivity contribution is 5.86. The van der Waals surface area contributed by atoms with Gasteiger partial charge in [-0.2, -0.15) is 0 Å². The van der Waals surface area contributed by atoms with Gasteiger partial charge in [-0.15, -0.1) is 0 Å². The third-order valence-corrected chi connectivity index (χ3v) is 5.13. The fourth-order valence-electron chi connectivity index (χ4n) is 3.49. The first-order chi connectivity index (χ1) is 15.6. The van der Waals surface area contributed by atoms with Crippen LogP contribution in [0.5, 0.6) is 5.88 Å². The van der Waals surface area contributed by atoms with Crippen LogP contribution in [0.1, 0.15) is 0 Å². The number of hydrogen-bond donors (Lipinski definition) is 2. The Bertz CT molecular complexity index is 1160. The van der Waals surface area contributed by atoms with Crippen LogP contribution in [0.4, 0.5) is 8.78 Å². The van der Waals surface area contributed by atoms with Crippen LogP contribution < -0.4 is 4.74 Å². The summed E-state index contributed by atoms with van der Waals surface area (Å²) in [7, 11) is 0. The number of benzene rings is 1. The molecular weight excluding hydrogens is 416 g/mol.